The number of aryl methyl sites for hydroxylation is 1. The minimum Gasteiger partial charge on any atom is -0.248 e. The average Bonchev–Trinajstić information content (AvgIpc) is 2.59. The number of nitrogens with zero attached hydrogens (tertiary/aromatic N) is 4. The molecule has 1 rings (SSSR count). The summed E-state index contributed by atoms with van der Waals surface area (Å²) in [5, 5.41) is 18.5. The van der Waals surface area contributed by atoms with Crippen molar-refractivity contribution in [3.05, 3.63) is 5.69 Å². The molecule has 0 fully saturated rings. The van der Waals surface area contributed by atoms with Crippen molar-refractivity contribution in [2.75, 3.05) is 0 Å². The van der Waals surface area contributed by atoms with Crippen molar-refractivity contribution in [1.29, 1.82) is 5.26 Å². The normalized spacial score (nSPS) is 13.6. The lowest BCUT2D eigenvalue weighted by atomic mass is 10.1. The number of nitriles is 1. The van der Waals surface area contributed by atoms with E-state index in [-0.39, 0.29) is 5.92 Å². The molecule has 15 heavy (non-hydrogen) atoms. The van der Waals surface area contributed by atoms with E-state index in [1.807, 2.05) is 18.5 Å². The van der Waals surface area contributed by atoms with Gasteiger partial charge in [-0.25, -0.2) is 4.68 Å². The molecule has 0 aliphatic rings. The highest BCUT2D eigenvalue weighted by molar-refractivity contribution is 6.88. The Bertz CT molecular complexity index is 383. The molecular formula is C10H18N4Si. The maximum Gasteiger partial charge on any atom is 0.106 e. The molecule has 0 aromatic carbocycles. The van der Waals surface area contributed by atoms with Gasteiger partial charge in [0.05, 0.1) is 23.0 Å². The van der Waals surface area contributed by atoms with Gasteiger partial charge in [-0.3, -0.25) is 0 Å². The Kier molecular flexibility index (Phi) is 3.30. The summed E-state index contributed by atoms with van der Waals surface area (Å²) in [6.45, 7) is 11.4. The van der Waals surface area contributed by atoms with Crippen LogP contribution in [0.15, 0.2) is 0 Å². The van der Waals surface area contributed by atoms with Crippen LogP contribution in [0, 0.1) is 11.3 Å². The molecule has 1 atom stereocenters. The van der Waals surface area contributed by atoms with E-state index >= 15 is 0 Å². The van der Waals surface area contributed by atoms with Gasteiger partial charge < -0.3 is 0 Å². The van der Waals surface area contributed by atoms with Crippen LogP contribution < -0.4 is 5.32 Å². The summed E-state index contributed by atoms with van der Waals surface area (Å²) in [6.07, 6.45) is 0. The molecule has 1 aromatic heterocycles. The van der Waals surface area contributed by atoms with Gasteiger partial charge in [-0.05, 0) is 13.8 Å². The number of aromatic nitrogens is 3. The van der Waals surface area contributed by atoms with E-state index in [4.69, 9.17) is 5.26 Å². The zero-order valence-electron chi connectivity index (χ0n) is 10.1. The molecule has 1 unspecified atom stereocenters. The molecular weight excluding hydrogens is 204 g/mol. The van der Waals surface area contributed by atoms with Crippen molar-refractivity contribution in [2.24, 2.45) is 0 Å². The Balaban J connectivity index is 3.31. The summed E-state index contributed by atoms with van der Waals surface area (Å²) in [5.74, 6) is -0.123. The van der Waals surface area contributed by atoms with Gasteiger partial charge in [-0.15, -0.1) is 5.10 Å². The molecule has 5 heteroatoms. The first-order valence-corrected chi connectivity index (χ1v) is 8.75. The summed E-state index contributed by atoms with van der Waals surface area (Å²) in [6, 6.07) is 2.28. The largest absolute Gasteiger partial charge is 0.248 e. The van der Waals surface area contributed by atoms with Crippen LogP contribution in [0.1, 0.15) is 25.5 Å². The molecule has 1 aromatic rings. The number of hydrogen-bond acceptors (Lipinski definition) is 3. The minimum absolute atomic E-state index is 0.123. The van der Waals surface area contributed by atoms with Gasteiger partial charge in [-0.1, -0.05) is 24.9 Å². The lowest BCUT2D eigenvalue weighted by molar-refractivity contribution is 0.591. The van der Waals surface area contributed by atoms with E-state index in [0.717, 1.165) is 17.6 Å². The van der Waals surface area contributed by atoms with E-state index in [9.17, 15) is 0 Å². The Labute approximate surface area is 91.9 Å². The third kappa shape index (κ3) is 2.26. The Morgan fingerprint density at radius 1 is 1.47 bits per heavy atom. The first kappa shape index (κ1) is 11.9. The van der Waals surface area contributed by atoms with Crippen LogP contribution in [0.25, 0.3) is 0 Å². The fourth-order valence-corrected chi connectivity index (χ4v) is 3.04. The smallest absolute Gasteiger partial charge is 0.106 e. The highest BCUT2D eigenvalue weighted by Crippen LogP contribution is 2.14. The van der Waals surface area contributed by atoms with Gasteiger partial charge in [0.2, 0.25) is 0 Å². The summed E-state index contributed by atoms with van der Waals surface area (Å²) in [5.41, 5.74) is 1.01. The Morgan fingerprint density at radius 2 is 2.07 bits per heavy atom. The lowest BCUT2D eigenvalue weighted by Gasteiger charge is -2.16. The zero-order chi connectivity index (χ0) is 11.6. The molecule has 4 nitrogen and oxygen atoms in total. The highest BCUT2D eigenvalue weighted by atomic mass is 28.3. The van der Waals surface area contributed by atoms with Crippen LogP contribution in [0.3, 0.4) is 0 Å². The standard InChI is InChI=1S/C10H18N4Si/c1-6-14-9(8(2)7-11)10(12-13-14)15(3,4)5/h8H,6H2,1-5H3. The summed E-state index contributed by atoms with van der Waals surface area (Å²) >= 11 is 0. The number of hydrogen-bond donors (Lipinski definition) is 0. The summed E-state index contributed by atoms with van der Waals surface area (Å²) in [7, 11) is -1.50. The maximum atomic E-state index is 9.01. The first-order valence-electron chi connectivity index (χ1n) is 5.25. The molecule has 0 aliphatic carbocycles. The second-order valence-corrected chi connectivity index (χ2v) is 9.71. The monoisotopic (exact) mass is 222 g/mol. The lowest BCUT2D eigenvalue weighted by Crippen LogP contribution is -2.42. The summed E-state index contributed by atoms with van der Waals surface area (Å²) < 4.78 is 1.85. The van der Waals surface area contributed by atoms with Gasteiger partial charge in [-0.2, -0.15) is 5.26 Å². The Morgan fingerprint density at radius 3 is 2.47 bits per heavy atom. The van der Waals surface area contributed by atoms with Crippen molar-refractivity contribution in [3.8, 4) is 6.07 Å². The molecule has 0 bridgehead atoms. The molecule has 0 aliphatic heterocycles. The maximum absolute atomic E-state index is 9.01. The van der Waals surface area contributed by atoms with E-state index in [1.54, 1.807) is 0 Å². The van der Waals surface area contributed by atoms with Crippen molar-refractivity contribution < 1.29 is 0 Å². The number of rotatable bonds is 3. The van der Waals surface area contributed by atoms with Crippen molar-refractivity contribution in [2.45, 2.75) is 46.0 Å². The van der Waals surface area contributed by atoms with E-state index in [0.29, 0.717) is 0 Å². The van der Waals surface area contributed by atoms with Crippen LogP contribution >= 0.6 is 0 Å². The van der Waals surface area contributed by atoms with Gasteiger partial charge in [0.15, 0.2) is 0 Å². The van der Waals surface area contributed by atoms with Crippen LogP contribution in [-0.4, -0.2) is 23.1 Å². The molecule has 0 saturated carbocycles. The zero-order valence-corrected chi connectivity index (χ0v) is 11.1. The molecule has 0 radical (unpaired) electrons. The van der Waals surface area contributed by atoms with Crippen molar-refractivity contribution >= 4 is 13.4 Å². The second kappa shape index (κ2) is 4.15. The van der Waals surface area contributed by atoms with Crippen LogP contribution in [0.2, 0.25) is 19.6 Å². The molecule has 0 N–H and O–H groups in total. The van der Waals surface area contributed by atoms with Crippen LogP contribution in [0.5, 0.6) is 0 Å². The van der Waals surface area contributed by atoms with E-state index < -0.39 is 8.07 Å². The first-order chi connectivity index (χ1) is 6.91. The summed E-state index contributed by atoms with van der Waals surface area (Å²) in [4.78, 5) is 0. The van der Waals surface area contributed by atoms with Gasteiger partial charge in [0.1, 0.15) is 8.07 Å². The fourth-order valence-electron chi connectivity index (χ4n) is 1.58. The molecule has 0 spiro atoms. The molecule has 0 amide bonds. The second-order valence-electron chi connectivity index (χ2n) is 4.74. The Hall–Kier alpha value is -1.15. The van der Waals surface area contributed by atoms with Crippen molar-refractivity contribution in [3.63, 3.8) is 0 Å². The van der Waals surface area contributed by atoms with Gasteiger partial charge in [0, 0.05) is 6.54 Å². The van der Waals surface area contributed by atoms with E-state index in [2.05, 4.69) is 36.0 Å². The minimum atomic E-state index is -1.50. The topological polar surface area (TPSA) is 54.5 Å². The van der Waals surface area contributed by atoms with Gasteiger partial charge in [0.25, 0.3) is 0 Å². The quantitative estimate of drug-likeness (QED) is 0.728. The van der Waals surface area contributed by atoms with Gasteiger partial charge >= 0.3 is 0 Å². The third-order valence-electron chi connectivity index (χ3n) is 2.39. The SMILES string of the molecule is CCn1nnc([Si](C)(C)C)c1C(C)C#N. The highest BCUT2D eigenvalue weighted by Gasteiger charge is 2.28. The molecule has 82 valence electrons. The predicted octanol–water partition coefficient (Wildman–Crippen LogP) is 1.47. The van der Waals surface area contributed by atoms with Crippen LogP contribution in [0.4, 0.5) is 0 Å². The molecule has 0 saturated heterocycles. The third-order valence-corrected chi connectivity index (χ3v) is 4.16. The average molecular weight is 222 g/mol. The molecule has 1 heterocycles. The predicted molar refractivity (Wildman–Crippen MR) is 62.7 cm³/mol. The van der Waals surface area contributed by atoms with Crippen molar-refractivity contribution in [1.82, 2.24) is 15.0 Å². The van der Waals surface area contributed by atoms with Crippen LogP contribution in [-0.2, 0) is 6.54 Å². The fraction of sp³-hybridized carbons (Fsp3) is 0.700. The van der Waals surface area contributed by atoms with E-state index in [1.165, 1.54) is 0 Å².